The monoisotopic (exact) mass is 510 g/mol. The van der Waals surface area contributed by atoms with Gasteiger partial charge in [0.2, 0.25) is 5.76 Å². The first-order valence-electron chi connectivity index (χ1n) is 9.40. The molecule has 1 aliphatic heterocycles. The fourth-order valence-corrected chi connectivity index (χ4v) is 3.72. The number of carbonyl (C=O) groups is 3. The molecule has 1 N–H and O–H groups in total. The summed E-state index contributed by atoms with van der Waals surface area (Å²) in [5, 5.41) is 2.99. The second-order valence-electron chi connectivity index (χ2n) is 6.78. The highest BCUT2D eigenvalue weighted by molar-refractivity contribution is 9.10. The van der Waals surface area contributed by atoms with Crippen LogP contribution in [0.4, 0.5) is 4.79 Å². The Balaban J connectivity index is 1.86. The topological polar surface area (TPSA) is 98.1 Å². The molecule has 0 bridgehead atoms. The van der Waals surface area contributed by atoms with Crippen LogP contribution >= 0.6 is 27.5 Å². The van der Waals surface area contributed by atoms with Gasteiger partial charge in [-0.15, -0.1) is 0 Å². The van der Waals surface area contributed by atoms with Crippen LogP contribution in [0, 0.1) is 0 Å². The third kappa shape index (κ3) is 5.11. The summed E-state index contributed by atoms with van der Waals surface area (Å²) in [6.07, 6.45) is 2.23. The first-order valence-corrected chi connectivity index (χ1v) is 10.6. The minimum atomic E-state index is -0.649. The summed E-state index contributed by atoms with van der Waals surface area (Å²) in [5.74, 6) is -0.441. The van der Waals surface area contributed by atoms with Crippen LogP contribution in [-0.4, -0.2) is 36.0 Å². The Morgan fingerprint density at radius 3 is 2.77 bits per heavy atom. The highest BCUT2D eigenvalue weighted by Crippen LogP contribution is 2.35. The van der Waals surface area contributed by atoms with Gasteiger partial charge >= 0.3 is 12.0 Å². The number of ether oxygens (including phenoxy) is 2. The fraction of sp³-hybridized carbons (Fsp3) is 0.286. The summed E-state index contributed by atoms with van der Waals surface area (Å²) >= 11 is 9.61. The van der Waals surface area contributed by atoms with E-state index in [1.165, 1.54) is 25.3 Å². The molecule has 2 heterocycles. The number of esters is 1. The van der Waals surface area contributed by atoms with Gasteiger partial charge in [0.25, 0.3) is 5.91 Å². The average molecular weight is 512 g/mol. The number of amides is 3. The molecule has 1 aromatic carbocycles. The van der Waals surface area contributed by atoms with Crippen LogP contribution in [0.2, 0.25) is 5.02 Å². The molecule has 8 nitrogen and oxygen atoms in total. The van der Waals surface area contributed by atoms with E-state index in [1.54, 1.807) is 12.1 Å². The van der Waals surface area contributed by atoms with E-state index >= 15 is 0 Å². The van der Waals surface area contributed by atoms with Crippen LogP contribution in [-0.2, 0) is 16.1 Å². The zero-order valence-electron chi connectivity index (χ0n) is 17.0. The number of halogens is 2. The van der Waals surface area contributed by atoms with E-state index in [0.29, 0.717) is 20.8 Å². The number of furan rings is 1. The van der Waals surface area contributed by atoms with E-state index in [2.05, 4.69) is 26.0 Å². The summed E-state index contributed by atoms with van der Waals surface area (Å²) in [4.78, 5) is 37.7. The maximum atomic E-state index is 12.8. The minimum Gasteiger partial charge on any atom is -0.489 e. The largest absolute Gasteiger partial charge is 0.489 e. The Bertz CT molecular complexity index is 1060. The van der Waals surface area contributed by atoms with Crippen LogP contribution in [0.1, 0.15) is 42.1 Å². The van der Waals surface area contributed by atoms with Crippen molar-refractivity contribution in [2.45, 2.75) is 32.9 Å². The zero-order valence-corrected chi connectivity index (χ0v) is 19.4. The van der Waals surface area contributed by atoms with Gasteiger partial charge in [-0.1, -0.05) is 18.5 Å². The van der Waals surface area contributed by atoms with Crippen molar-refractivity contribution < 1.29 is 28.3 Å². The molecule has 1 aliphatic rings. The van der Waals surface area contributed by atoms with Crippen molar-refractivity contribution in [1.82, 2.24) is 10.2 Å². The Labute approximate surface area is 192 Å². The second kappa shape index (κ2) is 9.57. The zero-order chi connectivity index (χ0) is 22.7. The lowest BCUT2D eigenvalue weighted by molar-refractivity contribution is -0.123. The lowest BCUT2D eigenvalue weighted by Crippen LogP contribution is -2.30. The molecule has 0 unspecified atom stereocenters. The van der Waals surface area contributed by atoms with E-state index in [4.69, 9.17) is 20.8 Å². The summed E-state index contributed by atoms with van der Waals surface area (Å²) < 4.78 is 16.5. The fourth-order valence-electron chi connectivity index (χ4n) is 2.80. The van der Waals surface area contributed by atoms with Crippen LogP contribution < -0.4 is 10.1 Å². The SMILES string of the molecule is CC[C@@H](C)Oc1c(Br)cc(Cl)cc1/C=C1\NC(=O)N(Cc2ccc(C(=O)OC)o2)C1=O. The Kier molecular flexibility index (Phi) is 7.07. The molecule has 0 saturated carbocycles. The molecule has 10 heteroatoms. The Hall–Kier alpha value is -2.78. The average Bonchev–Trinajstić information content (AvgIpc) is 3.30. The molecule has 3 rings (SSSR count). The van der Waals surface area contributed by atoms with Crippen LogP contribution in [0.15, 0.2) is 38.9 Å². The number of rotatable bonds is 7. The van der Waals surface area contributed by atoms with Gasteiger partial charge in [-0.3, -0.25) is 9.69 Å². The number of imide groups is 1. The summed E-state index contributed by atoms with van der Waals surface area (Å²) in [7, 11) is 1.23. The van der Waals surface area contributed by atoms with Crippen molar-refractivity contribution >= 4 is 51.5 Å². The summed E-state index contributed by atoms with van der Waals surface area (Å²) in [5.41, 5.74) is 0.601. The van der Waals surface area contributed by atoms with Gasteiger partial charge in [0.15, 0.2) is 0 Å². The molecule has 0 radical (unpaired) electrons. The predicted molar refractivity (Wildman–Crippen MR) is 117 cm³/mol. The van der Waals surface area contributed by atoms with Crippen LogP contribution in [0.3, 0.4) is 0 Å². The molecular formula is C21H20BrClN2O6. The van der Waals surface area contributed by atoms with Gasteiger partial charge in [0.1, 0.15) is 17.2 Å². The standard InChI is InChI=1S/C21H20BrClN2O6/c1-4-11(2)30-18-12(7-13(23)9-15(18)22)8-16-19(26)25(21(28)24-16)10-14-5-6-17(31-14)20(27)29-3/h5-9,11H,4,10H2,1-3H3,(H,24,28)/b16-8-/t11-/m1/s1. The molecule has 31 heavy (non-hydrogen) atoms. The quantitative estimate of drug-likeness (QED) is 0.327. The molecular weight excluding hydrogens is 492 g/mol. The molecule has 0 spiro atoms. The predicted octanol–water partition coefficient (Wildman–Crippen LogP) is 4.75. The lowest BCUT2D eigenvalue weighted by atomic mass is 10.1. The van der Waals surface area contributed by atoms with Crippen molar-refractivity contribution in [2.24, 2.45) is 0 Å². The summed E-state index contributed by atoms with van der Waals surface area (Å²) in [6.45, 7) is 3.77. The first-order chi connectivity index (χ1) is 14.7. The molecule has 164 valence electrons. The molecule has 0 aliphatic carbocycles. The third-order valence-electron chi connectivity index (χ3n) is 4.56. The van der Waals surface area contributed by atoms with Crippen molar-refractivity contribution in [3.05, 3.63) is 56.5 Å². The van der Waals surface area contributed by atoms with Gasteiger partial charge in [-0.05, 0) is 59.6 Å². The molecule has 3 amide bonds. The number of methoxy groups -OCH3 is 1. The smallest absolute Gasteiger partial charge is 0.373 e. The highest BCUT2D eigenvalue weighted by Gasteiger charge is 2.34. The van der Waals surface area contributed by atoms with E-state index in [0.717, 1.165) is 11.3 Å². The van der Waals surface area contributed by atoms with Crippen LogP contribution in [0.5, 0.6) is 5.75 Å². The molecule has 1 fully saturated rings. The number of benzene rings is 1. The Morgan fingerprint density at radius 1 is 1.35 bits per heavy atom. The van der Waals surface area contributed by atoms with Crippen molar-refractivity contribution in [1.29, 1.82) is 0 Å². The normalized spacial score (nSPS) is 15.9. The Morgan fingerprint density at radius 2 is 2.10 bits per heavy atom. The van der Waals surface area contributed by atoms with Gasteiger partial charge in [0, 0.05) is 10.6 Å². The highest BCUT2D eigenvalue weighted by atomic mass is 79.9. The number of carbonyl (C=O) groups excluding carboxylic acids is 3. The maximum absolute atomic E-state index is 12.8. The minimum absolute atomic E-state index is 0.0177. The van der Waals surface area contributed by atoms with Gasteiger partial charge in [-0.2, -0.15) is 0 Å². The first kappa shape index (κ1) is 22.9. The van der Waals surface area contributed by atoms with E-state index in [1.807, 2.05) is 13.8 Å². The van der Waals surface area contributed by atoms with Gasteiger partial charge in [0.05, 0.1) is 24.2 Å². The number of hydrogen-bond donors (Lipinski definition) is 1. The lowest BCUT2D eigenvalue weighted by Gasteiger charge is -2.17. The van der Waals surface area contributed by atoms with Crippen molar-refractivity contribution in [3.63, 3.8) is 0 Å². The number of nitrogens with zero attached hydrogens (tertiary/aromatic N) is 1. The third-order valence-corrected chi connectivity index (χ3v) is 5.36. The number of urea groups is 1. The van der Waals surface area contributed by atoms with E-state index in [9.17, 15) is 14.4 Å². The van der Waals surface area contributed by atoms with Gasteiger partial charge in [-0.25, -0.2) is 9.59 Å². The maximum Gasteiger partial charge on any atom is 0.373 e. The number of hydrogen-bond acceptors (Lipinski definition) is 6. The number of nitrogens with one attached hydrogen (secondary N) is 1. The van der Waals surface area contributed by atoms with E-state index < -0.39 is 17.9 Å². The van der Waals surface area contributed by atoms with Crippen molar-refractivity contribution in [2.75, 3.05) is 7.11 Å². The molecule has 1 atom stereocenters. The molecule has 1 aromatic heterocycles. The van der Waals surface area contributed by atoms with Gasteiger partial charge < -0.3 is 19.2 Å². The van der Waals surface area contributed by atoms with E-state index in [-0.39, 0.29) is 29.9 Å². The second-order valence-corrected chi connectivity index (χ2v) is 8.07. The summed E-state index contributed by atoms with van der Waals surface area (Å²) in [6, 6.07) is 5.64. The molecule has 2 aromatic rings. The molecule has 1 saturated heterocycles. The van der Waals surface area contributed by atoms with Crippen molar-refractivity contribution in [3.8, 4) is 5.75 Å². The van der Waals surface area contributed by atoms with Crippen LogP contribution in [0.25, 0.3) is 6.08 Å².